The first-order chi connectivity index (χ1) is 19.3. The molecule has 0 saturated heterocycles. The summed E-state index contributed by atoms with van der Waals surface area (Å²) in [5.74, 6) is -0.156. The summed E-state index contributed by atoms with van der Waals surface area (Å²) in [5.41, 5.74) is 2.84. The standard InChI is InChI=1S/C30H23FI2N2O4S/c1-3-23-25(29(37)38-2)26(18-9-5-4-6-10-18)35-28(36)24(40-30(35)34-23)15-17-13-21(32)27(22(33)14-17)39-16-19-11-7-8-12-20(19)31/h4-15,26H,3,16H2,1-2H3/b24-15-/t26-/m1/s1. The van der Waals surface area contributed by atoms with Gasteiger partial charge in [-0.25, -0.2) is 14.2 Å². The molecule has 10 heteroatoms. The van der Waals surface area contributed by atoms with Gasteiger partial charge in [-0.15, -0.1) is 0 Å². The maximum absolute atomic E-state index is 14.1. The molecule has 0 N–H and O–H groups in total. The summed E-state index contributed by atoms with van der Waals surface area (Å²) in [6, 6.07) is 19.2. The third-order valence-electron chi connectivity index (χ3n) is 6.41. The van der Waals surface area contributed by atoms with Crippen LogP contribution in [-0.4, -0.2) is 17.6 Å². The zero-order valence-corrected chi connectivity index (χ0v) is 26.6. The fourth-order valence-corrected chi connectivity index (χ4v) is 7.68. The van der Waals surface area contributed by atoms with E-state index in [0.717, 1.165) is 18.3 Å². The number of carbonyl (C=O) groups is 1. The Kier molecular flexibility index (Phi) is 8.86. The van der Waals surface area contributed by atoms with E-state index < -0.39 is 12.0 Å². The molecular formula is C30H23FI2N2O4S. The molecule has 6 nitrogen and oxygen atoms in total. The zero-order valence-electron chi connectivity index (χ0n) is 21.5. The van der Waals surface area contributed by atoms with E-state index in [0.29, 0.717) is 38.3 Å². The van der Waals surface area contributed by atoms with Gasteiger partial charge in [-0.05, 0) is 87.0 Å². The fraction of sp³-hybridized carbons (Fsp3) is 0.167. The Labute approximate surface area is 261 Å². The van der Waals surface area contributed by atoms with Crippen LogP contribution < -0.4 is 19.6 Å². The van der Waals surface area contributed by atoms with Crippen molar-refractivity contribution in [2.24, 2.45) is 4.99 Å². The molecule has 0 fully saturated rings. The van der Waals surface area contributed by atoms with Crippen molar-refractivity contribution >= 4 is 68.6 Å². The highest BCUT2D eigenvalue weighted by Gasteiger charge is 2.33. The number of nitrogens with zero attached hydrogens (tertiary/aromatic N) is 2. The average Bonchev–Trinajstić information content (AvgIpc) is 3.26. The number of hydrogen-bond acceptors (Lipinski definition) is 6. The number of allylic oxidation sites excluding steroid dienone is 1. The van der Waals surface area contributed by atoms with Crippen molar-refractivity contribution in [3.8, 4) is 5.75 Å². The lowest BCUT2D eigenvalue weighted by molar-refractivity contribution is -0.136. The Morgan fingerprint density at radius 3 is 2.42 bits per heavy atom. The van der Waals surface area contributed by atoms with Gasteiger partial charge in [0.25, 0.3) is 5.56 Å². The monoisotopic (exact) mass is 780 g/mol. The molecule has 0 aliphatic carbocycles. The first-order valence-corrected chi connectivity index (χ1v) is 15.3. The number of halogens is 3. The van der Waals surface area contributed by atoms with E-state index >= 15 is 0 Å². The van der Waals surface area contributed by atoms with Crippen LogP contribution in [0.4, 0.5) is 4.39 Å². The molecule has 0 amide bonds. The highest BCUT2D eigenvalue weighted by molar-refractivity contribution is 14.1. The van der Waals surface area contributed by atoms with Crippen molar-refractivity contribution in [1.82, 2.24) is 4.57 Å². The molecule has 1 aliphatic heterocycles. The number of thiazole rings is 1. The summed E-state index contributed by atoms with van der Waals surface area (Å²) in [5, 5.41) is 0. The van der Waals surface area contributed by atoms with Gasteiger partial charge in [0, 0.05) is 5.56 Å². The molecule has 3 aromatic carbocycles. The van der Waals surface area contributed by atoms with Crippen molar-refractivity contribution in [2.75, 3.05) is 7.11 Å². The van der Waals surface area contributed by atoms with E-state index in [4.69, 9.17) is 14.5 Å². The van der Waals surface area contributed by atoms with Crippen molar-refractivity contribution in [3.05, 3.63) is 127 Å². The number of hydrogen-bond donors (Lipinski definition) is 0. The van der Waals surface area contributed by atoms with E-state index in [1.54, 1.807) is 22.8 Å². The van der Waals surface area contributed by atoms with E-state index in [-0.39, 0.29) is 18.0 Å². The molecule has 1 aromatic heterocycles. The third-order valence-corrected chi connectivity index (χ3v) is 9.00. The number of fused-ring (bicyclic) bond motifs is 1. The number of carbonyl (C=O) groups excluding carboxylic acids is 1. The summed E-state index contributed by atoms with van der Waals surface area (Å²) in [6.07, 6.45) is 2.34. The lowest BCUT2D eigenvalue weighted by atomic mass is 9.95. The first-order valence-electron chi connectivity index (χ1n) is 12.4. The quantitative estimate of drug-likeness (QED) is 0.178. The molecular weight excluding hydrogens is 757 g/mol. The van der Waals surface area contributed by atoms with E-state index in [9.17, 15) is 14.0 Å². The van der Waals surface area contributed by atoms with Crippen LogP contribution in [0, 0.1) is 13.0 Å². The Hall–Kier alpha value is -2.84. The predicted octanol–water partition coefficient (Wildman–Crippen LogP) is 5.73. The Morgan fingerprint density at radius 1 is 1.10 bits per heavy atom. The number of ether oxygens (including phenoxy) is 2. The SMILES string of the molecule is CCC1=C(C(=O)OC)[C@@H](c2ccccc2)n2c(s/c(=C\c3cc(I)c(OCc4ccccc4F)c(I)c3)c2=O)=N1. The van der Waals surface area contributed by atoms with Gasteiger partial charge in [0.1, 0.15) is 18.2 Å². The van der Waals surface area contributed by atoms with Crippen LogP contribution in [0.2, 0.25) is 0 Å². The van der Waals surface area contributed by atoms with Crippen LogP contribution in [0.3, 0.4) is 0 Å². The van der Waals surface area contributed by atoms with Gasteiger partial charge < -0.3 is 9.47 Å². The maximum Gasteiger partial charge on any atom is 0.338 e. The van der Waals surface area contributed by atoms with E-state index in [1.165, 1.54) is 24.5 Å². The third kappa shape index (κ3) is 5.66. The van der Waals surface area contributed by atoms with Gasteiger partial charge in [-0.3, -0.25) is 9.36 Å². The highest BCUT2D eigenvalue weighted by atomic mass is 127. The molecule has 40 heavy (non-hydrogen) atoms. The molecule has 1 atom stereocenters. The highest BCUT2D eigenvalue weighted by Crippen LogP contribution is 2.32. The van der Waals surface area contributed by atoms with Gasteiger partial charge in [-0.2, -0.15) is 0 Å². The molecule has 0 saturated carbocycles. The van der Waals surface area contributed by atoms with Gasteiger partial charge >= 0.3 is 5.97 Å². The normalized spacial score (nSPS) is 15.0. The van der Waals surface area contributed by atoms with Crippen LogP contribution >= 0.6 is 56.5 Å². The molecule has 1 aliphatic rings. The first kappa shape index (κ1) is 28.7. The summed E-state index contributed by atoms with van der Waals surface area (Å²) >= 11 is 5.65. The minimum Gasteiger partial charge on any atom is -0.487 e. The summed E-state index contributed by atoms with van der Waals surface area (Å²) in [4.78, 5) is 32.0. The van der Waals surface area contributed by atoms with Gasteiger partial charge in [0.05, 0.1) is 36.1 Å². The van der Waals surface area contributed by atoms with Crippen molar-refractivity contribution in [2.45, 2.75) is 26.0 Å². The van der Waals surface area contributed by atoms with Crippen LogP contribution in [-0.2, 0) is 16.1 Å². The molecule has 0 bridgehead atoms. The number of rotatable bonds is 7. The molecule has 204 valence electrons. The Balaban J connectivity index is 1.57. The smallest absolute Gasteiger partial charge is 0.338 e. The van der Waals surface area contributed by atoms with Crippen LogP contribution in [0.25, 0.3) is 6.08 Å². The molecule has 0 spiro atoms. The lowest BCUT2D eigenvalue weighted by Crippen LogP contribution is -2.40. The van der Waals surface area contributed by atoms with E-state index in [1.807, 2.05) is 55.5 Å². The van der Waals surface area contributed by atoms with Crippen LogP contribution in [0.15, 0.2) is 87.8 Å². The number of benzene rings is 3. The molecule has 2 heterocycles. The maximum atomic E-state index is 14.1. The molecule has 0 unspecified atom stereocenters. The molecule has 4 aromatic rings. The minimum atomic E-state index is -0.642. The largest absolute Gasteiger partial charge is 0.487 e. The van der Waals surface area contributed by atoms with Gasteiger partial charge in [0.2, 0.25) is 0 Å². The fourth-order valence-electron chi connectivity index (χ4n) is 4.53. The second-order valence-corrected chi connectivity index (χ2v) is 12.2. The average molecular weight is 780 g/mol. The lowest BCUT2D eigenvalue weighted by Gasteiger charge is -2.25. The molecule has 0 radical (unpaired) electrons. The number of esters is 1. The Bertz CT molecular complexity index is 1790. The summed E-state index contributed by atoms with van der Waals surface area (Å²) in [7, 11) is 1.34. The topological polar surface area (TPSA) is 69.9 Å². The van der Waals surface area contributed by atoms with E-state index in [2.05, 4.69) is 45.2 Å². The zero-order chi connectivity index (χ0) is 28.4. The van der Waals surface area contributed by atoms with Crippen molar-refractivity contribution in [3.63, 3.8) is 0 Å². The van der Waals surface area contributed by atoms with Crippen LogP contribution in [0.1, 0.15) is 36.1 Å². The summed E-state index contributed by atoms with van der Waals surface area (Å²) < 4.78 is 28.9. The number of methoxy groups -OCH3 is 1. The Morgan fingerprint density at radius 2 is 1.77 bits per heavy atom. The molecule has 5 rings (SSSR count). The van der Waals surface area contributed by atoms with Crippen LogP contribution in [0.5, 0.6) is 5.75 Å². The second kappa shape index (κ2) is 12.4. The second-order valence-electron chi connectivity index (χ2n) is 8.89. The van der Waals surface area contributed by atoms with Gasteiger partial charge in [0.15, 0.2) is 4.80 Å². The van der Waals surface area contributed by atoms with Crippen molar-refractivity contribution < 1.29 is 18.7 Å². The predicted molar refractivity (Wildman–Crippen MR) is 169 cm³/mol. The number of aromatic nitrogens is 1. The van der Waals surface area contributed by atoms with Crippen molar-refractivity contribution in [1.29, 1.82) is 0 Å². The van der Waals surface area contributed by atoms with Gasteiger partial charge in [-0.1, -0.05) is 66.8 Å². The summed E-state index contributed by atoms with van der Waals surface area (Å²) in [6.45, 7) is 2.04. The minimum absolute atomic E-state index is 0.110.